The van der Waals surface area contributed by atoms with E-state index in [1.165, 1.54) is 36.4 Å². The van der Waals surface area contributed by atoms with Gasteiger partial charge in [-0.05, 0) is 85.4 Å². The third-order valence-corrected chi connectivity index (χ3v) is 10.7. The normalized spacial score (nSPS) is 16.1. The molecular weight excluding hydrogens is 819 g/mol. The van der Waals surface area contributed by atoms with Crippen molar-refractivity contribution in [2.24, 2.45) is 11.8 Å². The lowest BCUT2D eigenvalue weighted by atomic mass is 9.93. The monoisotopic (exact) mass is 875 g/mol. The summed E-state index contributed by atoms with van der Waals surface area (Å²) in [6.45, 7) is 9.67. The van der Waals surface area contributed by atoms with Crippen LogP contribution in [-0.2, 0) is 48.0 Å². The van der Waals surface area contributed by atoms with Crippen molar-refractivity contribution in [1.82, 2.24) is 21.3 Å². The van der Waals surface area contributed by atoms with Crippen LogP contribution in [0.4, 0.5) is 5.69 Å². The molecule has 1 fully saturated rings. The van der Waals surface area contributed by atoms with Crippen LogP contribution in [0.5, 0.6) is 5.75 Å². The second-order valence-electron chi connectivity index (χ2n) is 17.2. The van der Waals surface area contributed by atoms with Gasteiger partial charge in [-0.25, -0.2) is 4.79 Å². The number of carbonyl (C=O) groups is 6. The van der Waals surface area contributed by atoms with E-state index in [-0.39, 0.29) is 66.9 Å². The first kappa shape index (κ1) is 48.3. The molecular formula is C49H57N5O10. The van der Waals surface area contributed by atoms with Gasteiger partial charge < -0.3 is 30.7 Å². The van der Waals surface area contributed by atoms with Crippen molar-refractivity contribution in [3.8, 4) is 5.75 Å². The number of nitrogens with zero attached hydrogens (tertiary/aromatic N) is 1. The van der Waals surface area contributed by atoms with Crippen molar-refractivity contribution in [2.75, 3.05) is 6.61 Å². The Labute approximate surface area is 373 Å². The molecule has 0 aliphatic carbocycles. The maximum Gasteiger partial charge on any atom is 0.343 e. The van der Waals surface area contributed by atoms with Gasteiger partial charge in [-0.15, -0.1) is 0 Å². The van der Waals surface area contributed by atoms with E-state index in [1.807, 2.05) is 88.4 Å². The molecule has 4 aromatic rings. The van der Waals surface area contributed by atoms with E-state index in [0.717, 1.165) is 11.1 Å². The van der Waals surface area contributed by atoms with Crippen molar-refractivity contribution < 1.29 is 43.2 Å². The van der Waals surface area contributed by atoms with E-state index < -0.39 is 64.3 Å². The van der Waals surface area contributed by atoms with Gasteiger partial charge in [0.2, 0.25) is 23.6 Å². The summed E-state index contributed by atoms with van der Waals surface area (Å²) in [5.74, 6) is -2.92. The number of Topliss-reactive ketones (excluding diaryl/α,β-unsaturated/α-hetero) is 1. The predicted octanol–water partition coefficient (Wildman–Crippen LogP) is 5.62. The van der Waals surface area contributed by atoms with Crippen LogP contribution in [0.1, 0.15) is 80.9 Å². The Bertz CT molecular complexity index is 2250. The second kappa shape index (κ2) is 22.6. The molecule has 0 spiro atoms. The van der Waals surface area contributed by atoms with E-state index in [9.17, 15) is 38.9 Å². The van der Waals surface area contributed by atoms with Crippen LogP contribution in [0, 0.1) is 22.0 Å². The highest BCUT2D eigenvalue weighted by atomic mass is 16.6. The molecule has 1 saturated heterocycles. The number of non-ortho nitro benzene ring substituents is 1. The van der Waals surface area contributed by atoms with E-state index in [0.29, 0.717) is 18.4 Å². The lowest BCUT2D eigenvalue weighted by molar-refractivity contribution is -0.384. The average Bonchev–Trinajstić information content (AvgIpc) is 4.03. The zero-order chi connectivity index (χ0) is 46.4. The number of hydrogen-bond donors (Lipinski definition) is 4. The maximum absolute atomic E-state index is 14.2. The van der Waals surface area contributed by atoms with Gasteiger partial charge in [-0.3, -0.25) is 34.1 Å². The number of hydrogen-bond acceptors (Lipinski definition) is 10. The van der Waals surface area contributed by atoms with Crippen molar-refractivity contribution >= 4 is 41.1 Å². The molecule has 5 rings (SSSR count). The van der Waals surface area contributed by atoms with Gasteiger partial charge in [-0.1, -0.05) is 100 Å². The van der Waals surface area contributed by atoms with Gasteiger partial charge in [-0.2, -0.15) is 0 Å². The van der Waals surface area contributed by atoms with Crippen LogP contribution in [0.15, 0.2) is 109 Å². The minimum atomic E-state index is -1.09. The highest BCUT2D eigenvalue weighted by Crippen LogP contribution is 2.30. The molecule has 1 heterocycles. The van der Waals surface area contributed by atoms with E-state index in [2.05, 4.69) is 21.3 Å². The number of esters is 1. The molecule has 0 saturated carbocycles. The Morgan fingerprint density at radius 3 is 1.73 bits per heavy atom. The number of amides is 4. The number of carbonyl (C=O) groups excluding carboxylic acids is 6. The molecule has 338 valence electrons. The van der Waals surface area contributed by atoms with Gasteiger partial charge in [0.1, 0.15) is 29.5 Å². The van der Waals surface area contributed by atoms with E-state index >= 15 is 0 Å². The van der Waals surface area contributed by atoms with Crippen molar-refractivity contribution in [1.29, 1.82) is 0 Å². The molecule has 4 aromatic carbocycles. The van der Waals surface area contributed by atoms with E-state index in [4.69, 9.17) is 9.47 Å². The first-order chi connectivity index (χ1) is 30.5. The Hall–Kier alpha value is -6.74. The smallest absolute Gasteiger partial charge is 0.343 e. The lowest BCUT2D eigenvalue weighted by Gasteiger charge is -2.28. The fourth-order valence-electron chi connectivity index (χ4n) is 7.12. The van der Waals surface area contributed by atoms with Crippen molar-refractivity contribution in [3.05, 3.63) is 142 Å². The van der Waals surface area contributed by atoms with Gasteiger partial charge in [0, 0.05) is 18.6 Å². The standard InChI is InChI=1S/C49H57N5O10/c1-31(2)26-40(44(56)49(5)30-63-49)51-47(59)42(28-34-14-10-7-11-15-34)53-46(58)41(27-32(3)4)52-45(57)39(25-18-33-12-8-6-9-13-33)50-43(55)29-35-16-23-38(24-17-35)64-48(60)36-19-21-37(22-20-36)54(61)62/h6-17,19-24,31-32,39-42H,18,25-30H2,1-5H3,(H,50,55)(H,51,59)(H,52,57)(H,53,58)/t39-,40-,41-,42-,49+/m0/s1. The van der Waals surface area contributed by atoms with Crippen LogP contribution in [0.25, 0.3) is 0 Å². The molecule has 15 heteroatoms. The van der Waals surface area contributed by atoms with Crippen LogP contribution in [0.2, 0.25) is 0 Å². The van der Waals surface area contributed by atoms with Crippen LogP contribution >= 0.6 is 0 Å². The number of rotatable bonds is 23. The molecule has 4 amide bonds. The second-order valence-corrected chi connectivity index (χ2v) is 17.2. The number of ether oxygens (including phenoxy) is 2. The zero-order valence-corrected chi connectivity index (χ0v) is 36.8. The van der Waals surface area contributed by atoms with Gasteiger partial charge in [0.05, 0.1) is 29.6 Å². The SMILES string of the molecule is CC(C)C[C@H](NC(=O)[C@H](CCc1ccccc1)NC(=O)Cc1ccc(OC(=O)c2ccc([N+](=O)[O-])cc2)cc1)C(=O)N[C@@H](Cc1ccccc1)C(=O)N[C@@H](CC(C)C)C(=O)[C@@]1(C)CO1. The van der Waals surface area contributed by atoms with Gasteiger partial charge in [0.25, 0.3) is 5.69 Å². The first-order valence-corrected chi connectivity index (χ1v) is 21.5. The summed E-state index contributed by atoms with van der Waals surface area (Å²) >= 11 is 0. The van der Waals surface area contributed by atoms with Crippen LogP contribution in [0.3, 0.4) is 0 Å². The average molecular weight is 876 g/mol. The van der Waals surface area contributed by atoms with Gasteiger partial charge >= 0.3 is 5.97 Å². The molecule has 0 unspecified atom stereocenters. The minimum absolute atomic E-state index is 0.0569. The number of benzene rings is 4. The zero-order valence-electron chi connectivity index (χ0n) is 36.8. The molecule has 1 aliphatic heterocycles. The van der Waals surface area contributed by atoms with Crippen molar-refractivity contribution in [2.45, 2.75) is 103 Å². The van der Waals surface area contributed by atoms with Crippen molar-refractivity contribution in [3.63, 3.8) is 0 Å². The summed E-state index contributed by atoms with van der Waals surface area (Å²) in [7, 11) is 0. The molecule has 0 radical (unpaired) electrons. The summed E-state index contributed by atoms with van der Waals surface area (Å²) in [6, 6.07) is 25.8. The molecule has 64 heavy (non-hydrogen) atoms. The molecule has 0 aromatic heterocycles. The fourth-order valence-corrected chi connectivity index (χ4v) is 7.12. The number of nitrogens with one attached hydrogen (secondary N) is 4. The molecule has 15 nitrogen and oxygen atoms in total. The quantitative estimate of drug-likeness (QED) is 0.0237. The number of aryl methyl sites for hydroxylation is 1. The molecule has 4 N–H and O–H groups in total. The highest BCUT2D eigenvalue weighted by Gasteiger charge is 2.50. The third kappa shape index (κ3) is 14.7. The minimum Gasteiger partial charge on any atom is -0.423 e. The molecule has 5 atom stereocenters. The maximum atomic E-state index is 14.2. The Kier molecular flexibility index (Phi) is 17.0. The van der Waals surface area contributed by atoms with Crippen LogP contribution in [-0.4, -0.2) is 76.7 Å². The van der Waals surface area contributed by atoms with Crippen LogP contribution < -0.4 is 26.0 Å². The Morgan fingerprint density at radius 2 is 1.17 bits per heavy atom. The predicted molar refractivity (Wildman–Crippen MR) is 239 cm³/mol. The highest BCUT2D eigenvalue weighted by molar-refractivity contribution is 5.99. The molecule has 0 bridgehead atoms. The first-order valence-electron chi connectivity index (χ1n) is 21.5. The number of nitro groups is 1. The topological polar surface area (TPSA) is 215 Å². The molecule has 1 aliphatic rings. The summed E-state index contributed by atoms with van der Waals surface area (Å²) < 4.78 is 10.8. The summed E-state index contributed by atoms with van der Waals surface area (Å²) in [4.78, 5) is 92.4. The Balaban J connectivity index is 1.29. The fraction of sp³-hybridized carbons (Fsp3) is 0.388. The van der Waals surface area contributed by atoms with E-state index in [1.54, 1.807) is 19.1 Å². The number of epoxide rings is 1. The summed E-state index contributed by atoms with van der Waals surface area (Å²) in [5, 5.41) is 22.4. The lowest BCUT2D eigenvalue weighted by Crippen LogP contribution is -2.59. The summed E-state index contributed by atoms with van der Waals surface area (Å²) in [6.07, 6.45) is 1.25. The van der Waals surface area contributed by atoms with Gasteiger partial charge in [0.15, 0.2) is 5.78 Å². The number of nitro benzene ring substituents is 1. The number of ketones is 1. The summed E-state index contributed by atoms with van der Waals surface area (Å²) in [5.41, 5.74) is 1.27. The third-order valence-electron chi connectivity index (χ3n) is 10.7. The largest absolute Gasteiger partial charge is 0.423 e. The Morgan fingerprint density at radius 1 is 0.656 bits per heavy atom.